The second-order valence-corrected chi connectivity index (χ2v) is 4.23. The van der Waals surface area contributed by atoms with Crippen LogP contribution < -0.4 is 0 Å². The van der Waals surface area contributed by atoms with Crippen molar-refractivity contribution in [1.29, 1.82) is 0 Å². The predicted octanol–water partition coefficient (Wildman–Crippen LogP) is 3.84. The van der Waals surface area contributed by atoms with Crippen LogP contribution in [0.25, 0.3) is 0 Å². The molecule has 1 saturated carbocycles. The van der Waals surface area contributed by atoms with Gasteiger partial charge >= 0.3 is 0 Å². The van der Waals surface area contributed by atoms with E-state index in [1.807, 2.05) is 13.8 Å². The number of hydrogen-bond donors (Lipinski definition) is 1. The summed E-state index contributed by atoms with van der Waals surface area (Å²) < 4.78 is 0. The van der Waals surface area contributed by atoms with Crippen molar-refractivity contribution >= 4 is 12.6 Å². The number of thiol groups is 1. The zero-order chi connectivity index (χ0) is 11.7. The van der Waals surface area contributed by atoms with E-state index in [4.69, 9.17) is 0 Å². The van der Waals surface area contributed by atoms with Gasteiger partial charge in [0.25, 0.3) is 0 Å². The summed E-state index contributed by atoms with van der Waals surface area (Å²) in [5, 5.41) is 0. The Morgan fingerprint density at radius 3 is 2.07 bits per heavy atom. The van der Waals surface area contributed by atoms with Crippen LogP contribution in [0.3, 0.4) is 0 Å². The quantitative estimate of drug-likeness (QED) is 0.620. The summed E-state index contributed by atoms with van der Waals surface area (Å²) in [6.07, 6.45) is 10.6. The van der Waals surface area contributed by atoms with Gasteiger partial charge in [-0.25, -0.2) is 0 Å². The molecule has 0 aromatic rings. The molecule has 1 saturated heterocycles. The Bertz CT molecular complexity index is 136. The van der Waals surface area contributed by atoms with Gasteiger partial charge < -0.3 is 4.90 Å². The second kappa shape index (κ2) is 9.53. The van der Waals surface area contributed by atoms with E-state index in [1.54, 1.807) is 6.26 Å². The van der Waals surface area contributed by atoms with Gasteiger partial charge in [-0.15, -0.1) is 0 Å². The van der Waals surface area contributed by atoms with Crippen LogP contribution in [0.2, 0.25) is 0 Å². The third-order valence-corrected chi connectivity index (χ3v) is 3.52. The summed E-state index contributed by atoms with van der Waals surface area (Å²) in [5.41, 5.74) is 0. The minimum absolute atomic E-state index is 0.956. The van der Waals surface area contributed by atoms with Gasteiger partial charge in [0.1, 0.15) is 0 Å². The Labute approximate surface area is 102 Å². The molecule has 2 unspecified atom stereocenters. The summed E-state index contributed by atoms with van der Waals surface area (Å²) in [6, 6.07) is 0.956. The number of fused-ring (bicyclic) bond motifs is 1. The largest absolute Gasteiger partial charge is 0.303 e. The molecule has 2 fully saturated rings. The third-order valence-electron chi connectivity index (χ3n) is 3.52. The van der Waals surface area contributed by atoms with Gasteiger partial charge in [-0.1, -0.05) is 26.7 Å². The average molecular weight is 231 g/mol. The Balaban J connectivity index is 0.000000442. The van der Waals surface area contributed by atoms with Crippen LogP contribution >= 0.6 is 12.6 Å². The molecule has 92 valence electrons. The summed E-state index contributed by atoms with van der Waals surface area (Å²) >= 11 is 3.53. The molecule has 2 heteroatoms. The molecule has 1 heterocycles. The van der Waals surface area contributed by atoms with Gasteiger partial charge in [-0.3, -0.25) is 0 Å². The summed E-state index contributed by atoms with van der Waals surface area (Å²) in [4.78, 5) is 2.59. The van der Waals surface area contributed by atoms with Crippen molar-refractivity contribution < 1.29 is 0 Å². The molecule has 0 spiro atoms. The van der Waals surface area contributed by atoms with E-state index in [0.717, 1.165) is 12.0 Å². The molecule has 0 amide bonds. The highest BCUT2D eigenvalue weighted by Crippen LogP contribution is 2.34. The maximum atomic E-state index is 3.53. The van der Waals surface area contributed by atoms with E-state index in [1.165, 1.54) is 45.1 Å². The van der Waals surface area contributed by atoms with Gasteiger partial charge in [0.2, 0.25) is 0 Å². The molecule has 0 bridgehead atoms. The fourth-order valence-electron chi connectivity index (χ4n) is 2.87. The third kappa shape index (κ3) is 4.78. The Morgan fingerprint density at radius 1 is 0.933 bits per heavy atom. The molecule has 2 atom stereocenters. The van der Waals surface area contributed by atoms with Crippen LogP contribution in [0.4, 0.5) is 0 Å². The van der Waals surface area contributed by atoms with E-state index in [9.17, 15) is 0 Å². The SMILES string of the molecule is CC.CN1CCCC2CCCCC21.CS. The van der Waals surface area contributed by atoms with Crippen molar-refractivity contribution in [3.63, 3.8) is 0 Å². The normalized spacial score (nSPS) is 30.2. The minimum Gasteiger partial charge on any atom is -0.303 e. The number of rotatable bonds is 0. The molecule has 2 aliphatic rings. The molecule has 1 nitrogen and oxygen atoms in total. The van der Waals surface area contributed by atoms with E-state index in [-0.39, 0.29) is 0 Å². The van der Waals surface area contributed by atoms with E-state index >= 15 is 0 Å². The zero-order valence-corrected chi connectivity index (χ0v) is 11.9. The first kappa shape index (κ1) is 15.3. The molecule has 1 aliphatic carbocycles. The summed E-state index contributed by atoms with van der Waals surface area (Å²) in [7, 11) is 2.31. The lowest BCUT2D eigenvalue weighted by Gasteiger charge is -2.42. The minimum atomic E-state index is 0.956. The van der Waals surface area contributed by atoms with Crippen molar-refractivity contribution in [2.24, 2.45) is 5.92 Å². The Kier molecular flexibility index (Phi) is 9.73. The molecule has 0 aromatic carbocycles. The van der Waals surface area contributed by atoms with Crippen molar-refractivity contribution in [3.05, 3.63) is 0 Å². The van der Waals surface area contributed by atoms with Crippen molar-refractivity contribution in [3.8, 4) is 0 Å². The molecule has 0 N–H and O–H groups in total. The molecule has 1 aliphatic heterocycles. The maximum Gasteiger partial charge on any atom is 0.0120 e. The molecule has 0 aromatic heterocycles. The first-order valence-corrected chi connectivity index (χ1v) is 7.42. The van der Waals surface area contributed by atoms with Crippen LogP contribution in [0.1, 0.15) is 52.4 Å². The zero-order valence-electron chi connectivity index (χ0n) is 11.0. The number of nitrogens with zero attached hydrogens (tertiary/aromatic N) is 1. The topological polar surface area (TPSA) is 3.24 Å². The predicted molar refractivity (Wildman–Crippen MR) is 73.9 cm³/mol. The van der Waals surface area contributed by atoms with Gasteiger partial charge in [0.15, 0.2) is 0 Å². The second-order valence-electron chi connectivity index (χ2n) is 4.23. The van der Waals surface area contributed by atoms with Gasteiger partial charge in [-0.2, -0.15) is 12.6 Å². The lowest BCUT2D eigenvalue weighted by Crippen LogP contribution is -2.44. The molecule has 0 radical (unpaired) electrons. The monoisotopic (exact) mass is 231 g/mol. The molecular weight excluding hydrogens is 202 g/mol. The Morgan fingerprint density at radius 2 is 1.47 bits per heavy atom. The van der Waals surface area contributed by atoms with E-state index in [0.29, 0.717) is 0 Å². The van der Waals surface area contributed by atoms with E-state index < -0.39 is 0 Å². The number of hydrogen-bond acceptors (Lipinski definition) is 2. The van der Waals surface area contributed by atoms with Crippen LogP contribution in [0.5, 0.6) is 0 Å². The Hall–Kier alpha value is 0.310. The highest BCUT2D eigenvalue weighted by atomic mass is 32.1. The highest BCUT2D eigenvalue weighted by molar-refractivity contribution is 7.79. The number of likely N-dealkylation sites (tertiary alicyclic amines) is 1. The first-order valence-electron chi connectivity index (χ1n) is 6.53. The number of piperidine rings is 1. The fourth-order valence-corrected chi connectivity index (χ4v) is 2.87. The molecule has 2 rings (SSSR count). The standard InChI is InChI=1S/C10H19N.C2H6.CH4S/c1-11-8-4-6-9-5-2-3-7-10(9)11;2*1-2/h9-10H,2-8H2,1H3;1-2H3;2H,1H3. The van der Waals surface area contributed by atoms with E-state index in [2.05, 4.69) is 24.6 Å². The highest BCUT2D eigenvalue weighted by Gasteiger charge is 2.30. The average Bonchev–Trinajstić information content (AvgIpc) is 2.35. The van der Waals surface area contributed by atoms with Crippen LogP contribution in [-0.4, -0.2) is 30.8 Å². The van der Waals surface area contributed by atoms with Crippen molar-refractivity contribution in [1.82, 2.24) is 4.90 Å². The molecular formula is C13H29NS. The van der Waals surface area contributed by atoms with Gasteiger partial charge in [-0.05, 0) is 51.4 Å². The van der Waals surface area contributed by atoms with Gasteiger partial charge in [0.05, 0.1) is 0 Å². The summed E-state index contributed by atoms with van der Waals surface area (Å²) in [5.74, 6) is 1.06. The van der Waals surface area contributed by atoms with Crippen molar-refractivity contribution in [2.75, 3.05) is 19.8 Å². The smallest absolute Gasteiger partial charge is 0.0120 e. The van der Waals surface area contributed by atoms with Crippen LogP contribution in [0.15, 0.2) is 0 Å². The summed E-state index contributed by atoms with van der Waals surface area (Å²) in [6.45, 7) is 5.35. The van der Waals surface area contributed by atoms with Crippen LogP contribution in [-0.2, 0) is 0 Å². The van der Waals surface area contributed by atoms with Crippen molar-refractivity contribution in [2.45, 2.75) is 58.4 Å². The lowest BCUT2D eigenvalue weighted by atomic mass is 9.79. The maximum absolute atomic E-state index is 3.53. The molecule has 15 heavy (non-hydrogen) atoms. The van der Waals surface area contributed by atoms with Gasteiger partial charge in [0, 0.05) is 6.04 Å². The lowest BCUT2D eigenvalue weighted by molar-refractivity contribution is 0.0841. The first-order chi connectivity index (χ1) is 7.38. The van der Waals surface area contributed by atoms with Crippen LogP contribution in [0, 0.1) is 5.92 Å². The fraction of sp³-hybridized carbons (Fsp3) is 1.00.